The molecule has 0 bridgehead atoms. The van der Waals surface area contributed by atoms with Crippen LogP contribution in [0.25, 0.3) is 55.0 Å². The second-order valence-corrected chi connectivity index (χ2v) is 9.10. The first-order valence-electron chi connectivity index (χ1n) is 12.1. The number of hydrogen-bond donors (Lipinski definition) is 0. The van der Waals surface area contributed by atoms with Gasteiger partial charge in [0.15, 0.2) is 11.5 Å². The molecule has 4 heteroatoms. The van der Waals surface area contributed by atoms with Gasteiger partial charge in [-0.15, -0.1) is 0 Å². The Labute approximate surface area is 201 Å². The highest BCUT2D eigenvalue weighted by Gasteiger charge is 2.26. The number of benzene rings is 5. The van der Waals surface area contributed by atoms with Gasteiger partial charge in [-0.3, -0.25) is 4.57 Å². The SMILES string of the molecule is CCc1nc2c(-n3c4ccccc4c4c5ccccc5ccc43)ccc3c2n1-c1ccccc1O3. The first kappa shape index (κ1) is 18.8. The van der Waals surface area contributed by atoms with Crippen molar-refractivity contribution in [2.75, 3.05) is 0 Å². The van der Waals surface area contributed by atoms with E-state index in [4.69, 9.17) is 9.72 Å². The molecule has 5 aromatic carbocycles. The normalized spacial score (nSPS) is 12.5. The van der Waals surface area contributed by atoms with Crippen LogP contribution >= 0.6 is 0 Å². The highest BCUT2D eigenvalue weighted by molar-refractivity contribution is 6.21. The fraction of sp³-hybridized carbons (Fsp3) is 0.0645. The minimum atomic E-state index is 0.833. The molecule has 2 aromatic heterocycles. The lowest BCUT2D eigenvalue weighted by Crippen LogP contribution is -2.07. The Bertz CT molecular complexity index is 1980. The first-order valence-corrected chi connectivity index (χ1v) is 12.1. The molecule has 0 saturated heterocycles. The predicted molar refractivity (Wildman–Crippen MR) is 142 cm³/mol. The van der Waals surface area contributed by atoms with Crippen LogP contribution in [0.4, 0.5) is 0 Å². The maximum absolute atomic E-state index is 6.34. The number of fused-ring (bicyclic) bond motifs is 7. The molecule has 4 nitrogen and oxygen atoms in total. The summed E-state index contributed by atoms with van der Waals surface area (Å²) in [5.41, 5.74) is 6.48. The van der Waals surface area contributed by atoms with E-state index in [0.717, 1.165) is 46.2 Å². The molecule has 1 aliphatic rings. The van der Waals surface area contributed by atoms with E-state index < -0.39 is 0 Å². The number of rotatable bonds is 2. The fourth-order valence-corrected chi connectivity index (χ4v) is 5.79. The maximum atomic E-state index is 6.34. The highest BCUT2D eigenvalue weighted by Crippen LogP contribution is 2.45. The Morgan fingerprint density at radius 2 is 1.46 bits per heavy atom. The lowest BCUT2D eigenvalue weighted by atomic mass is 10.0. The molecule has 8 rings (SSSR count). The van der Waals surface area contributed by atoms with Gasteiger partial charge in [0.05, 0.1) is 22.4 Å². The molecule has 0 atom stereocenters. The zero-order chi connectivity index (χ0) is 23.1. The Kier molecular flexibility index (Phi) is 3.62. The number of imidazole rings is 1. The van der Waals surface area contributed by atoms with E-state index in [1.807, 2.05) is 12.1 Å². The van der Waals surface area contributed by atoms with Crippen molar-refractivity contribution >= 4 is 43.6 Å². The number of hydrogen-bond acceptors (Lipinski definition) is 2. The average Bonchev–Trinajstić information content (AvgIpc) is 3.47. The third-order valence-electron chi connectivity index (χ3n) is 7.26. The van der Waals surface area contributed by atoms with Gasteiger partial charge in [0.25, 0.3) is 0 Å². The molecule has 35 heavy (non-hydrogen) atoms. The van der Waals surface area contributed by atoms with Gasteiger partial charge >= 0.3 is 0 Å². The van der Waals surface area contributed by atoms with Crippen molar-refractivity contribution in [3.63, 3.8) is 0 Å². The molecule has 166 valence electrons. The molecular formula is C31H21N3O. The number of aryl methyl sites for hydroxylation is 1. The molecule has 1 aliphatic heterocycles. The molecule has 0 unspecified atom stereocenters. The number of nitrogens with zero attached hydrogens (tertiary/aromatic N) is 3. The molecule has 0 fully saturated rings. The van der Waals surface area contributed by atoms with E-state index in [0.29, 0.717) is 0 Å². The largest absolute Gasteiger partial charge is 0.453 e. The third kappa shape index (κ3) is 2.38. The van der Waals surface area contributed by atoms with Gasteiger partial charge in [-0.1, -0.05) is 67.6 Å². The first-order chi connectivity index (χ1) is 17.3. The molecule has 3 heterocycles. The summed E-state index contributed by atoms with van der Waals surface area (Å²) >= 11 is 0. The van der Waals surface area contributed by atoms with Crippen LogP contribution in [0.1, 0.15) is 12.7 Å². The quantitative estimate of drug-likeness (QED) is 0.267. The van der Waals surface area contributed by atoms with E-state index >= 15 is 0 Å². The molecule has 7 aromatic rings. The van der Waals surface area contributed by atoms with Gasteiger partial charge < -0.3 is 9.30 Å². The minimum absolute atomic E-state index is 0.833. The van der Waals surface area contributed by atoms with Crippen LogP contribution in [-0.2, 0) is 6.42 Å². The van der Waals surface area contributed by atoms with Crippen LogP contribution in [-0.4, -0.2) is 14.1 Å². The minimum Gasteiger partial charge on any atom is -0.453 e. The predicted octanol–water partition coefficient (Wildman–Crippen LogP) is 7.94. The van der Waals surface area contributed by atoms with Crippen molar-refractivity contribution < 1.29 is 4.74 Å². The van der Waals surface area contributed by atoms with Crippen LogP contribution in [0, 0.1) is 0 Å². The molecule has 0 radical (unpaired) electrons. The molecule has 0 spiro atoms. The Morgan fingerprint density at radius 3 is 2.37 bits per heavy atom. The molecule has 0 amide bonds. The smallest absolute Gasteiger partial charge is 0.153 e. The molecule has 0 aliphatic carbocycles. The third-order valence-corrected chi connectivity index (χ3v) is 7.26. The summed E-state index contributed by atoms with van der Waals surface area (Å²) < 4.78 is 11.0. The second-order valence-electron chi connectivity index (χ2n) is 9.10. The fourth-order valence-electron chi connectivity index (χ4n) is 5.79. The summed E-state index contributed by atoms with van der Waals surface area (Å²) in [6, 6.07) is 34.2. The summed E-state index contributed by atoms with van der Waals surface area (Å²) in [7, 11) is 0. The van der Waals surface area contributed by atoms with Crippen molar-refractivity contribution in [2.45, 2.75) is 13.3 Å². The summed E-state index contributed by atoms with van der Waals surface area (Å²) in [6.07, 6.45) is 0.833. The van der Waals surface area contributed by atoms with Crippen molar-refractivity contribution in [2.24, 2.45) is 0 Å². The van der Waals surface area contributed by atoms with Crippen molar-refractivity contribution in [1.29, 1.82) is 0 Å². The van der Waals surface area contributed by atoms with Gasteiger partial charge in [-0.05, 0) is 47.2 Å². The summed E-state index contributed by atoms with van der Waals surface area (Å²) in [4.78, 5) is 5.20. The lowest BCUT2D eigenvalue weighted by Gasteiger charge is -2.21. The zero-order valence-corrected chi connectivity index (χ0v) is 19.2. The Morgan fingerprint density at radius 1 is 0.657 bits per heavy atom. The van der Waals surface area contributed by atoms with Crippen molar-refractivity contribution in [3.05, 3.63) is 103 Å². The summed E-state index contributed by atoms with van der Waals surface area (Å²) in [6.45, 7) is 2.16. The molecule has 0 saturated carbocycles. The van der Waals surface area contributed by atoms with Gasteiger partial charge in [0.2, 0.25) is 0 Å². The van der Waals surface area contributed by atoms with Crippen LogP contribution in [0.15, 0.2) is 97.1 Å². The van der Waals surface area contributed by atoms with Crippen LogP contribution in [0.2, 0.25) is 0 Å². The molecular weight excluding hydrogens is 430 g/mol. The summed E-state index contributed by atoms with van der Waals surface area (Å²) in [5.74, 6) is 2.75. The summed E-state index contributed by atoms with van der Waals surface area (Å²) in [5, 5.41) is 5.05. The lowest BCUT2D eigenvalue weighted by molar-refractivity contribution is 0.474. The van der Waals surface area contributed by atoms with E-state index in [1.54, 1.807) is 0 Å². The van der Waals surface area contributed by atoms with Gasteiger partial charge in [-0.25, -0.2) is 4.98 Å². The van der Waals surface area contributed by atoms with Crippen molar-refractivity contribution in [1.82, 2.24) is 14.1 Å². The second kappa shape index (κ2) is 6.73. The average molecular weight is 452 g/mol. The zero-order valence-electron chi connectivity index (χ0n) is 19.2. The molecule has 0 N–H and O–H groups in total. The van der Waals surface area contributed by atoms with Crippen LogP contribution in [0.5, 0.6) is 11.5 Å². The number of aromatic nitrogens is 3. The van der Waals surface area contributed by atoms with Gasteiger partial charge in [0.1, 0.15) is 16.9 Å². The van der Waals surface area contributed by atoms with E-state index in [2.05, 4.69) is 101 Å². The topological polar surface area (TPSA) is 32.0 Å². The monoisotopic (exact) mass is 451 g/mol. The van der Waals surface area contributed by atoms with Gasteiger partial charge in [-0.2, -0.15) is 0 Å². The highest BCUT2D eigenvalue weighted by atomic mass is 16.5. The van der Waals surface area contributed by atoms with Crippen LogP contribution in [0.3, 0.4) is 0 Å². The number of para-hydroxylation sites is 3. The van der Waals surface area contributed by atoms with Crippen molar-refractivity contribution in [3.8, 4) is 22.9 Å². The number of ether oxygens (including phenoxy) is 1. The van der Waals surface area contributed by atoms with E-state index in [9.17, 15) is 0 Å². The van der Waals surface area contributed by atoms with E-state index in [-0.39, 0.29) is 0 Å². The van der Waals surface area contributed by atoms with Crippen LogP contribution < -0.4 is 4.74 Å². The standard InChI is InChI=1S/C31H21N3O/c1-2-28-32-30-25(17-18-27-31(30)34(28)23-13-7-8-14-26(23)35-27)33-22-12-6-5-11-21(22)29-20-10-4-3-9-19(20)15-16-24(29)33/h3-18H,2H2,1H3. The van der Waals surface area contributed by atoms with E-state index in [1.165, 1.54) is 32.6 Å². The Hall–Kier alpha value is -4.57. The Balaban J connectivity index is 1.54. The van der Waals surface area contributed by atoms with Gasteiger partial charge in [0, 0.05) is 17.2 Å². The maximum Gasteiger partial charge on any atom is 0.153 e.